The van der Waals surface area contributed by atoms with Crippen molar-refractivity contribution < 1.29 is 9.47 Å². The van der Waals surface area contributed by atoms with Gasteiger partial charge in [-0.3, -0.25) is 0 Å². The maximum Gasteiger partial charge on any atom is 0.0477 e. The van der Waals surface area contributed by atoms with Crippen LogP contribution in [0.5, 0.6) is 0 Å². The van der Waals surface area contributed by atoms with Gasteiger partial charge in [-0.1, -0.05) is 6.92 Å². The summed E-state index contributed by atoms with van der Waals surface area (Å²) in [5, 5.41) is 3.64. The molecule has 0 aromatic heterocycles. The van der Waals surface area contributed by atoms with Crippen molar-refractivity contribution in [1.29, 1.82) is 0 Å². The van der Waals surface area contributed by atoms with Gasteiger partial charge in [0.05, 0.1) is 0 Å². The summed E-state index contributed by atoms with van der Waals surface area (Å²) in [7, 11) is 1.78. The molecule has 0 spiro atoms. The number of rotatable bonds is 7. The average molecular weight is 215 g/mol. The molecule has 0 aromatic rings. The third-order valence-electron chi connectivity index (χ3n) is 3.12. The van der Waals surface area contributed by atoms with E-state index in [9.17, 15) is 0 Å². The van der Waals surface area contributed by atoms with E-state index in [1.165, 1.54) is 19.3 Å². The molecule has 0 aromatic carbocycles. The first-order valence-electron chi connectivity index (χ1n) is 6.18. The van der Waals surface area contributed by atoms with E-state index >= 15 is 0 Å². The molecule has 15 heavy (non-hydrogen) atoms. The van der Waals surface area contributed by atoms with E-state index in [4.69, 9.17) is 9.47 Å². The Labute approximate surface area is 93.5 Å². The van der Waals surface area contributed by atoms with Gasteiger partial charge in [0.1, 0.15) is 0 Å². The van der Waals surface area contributed by atoms with Gasteiger partial charge < -0.3 is 14.8 Å². The number of methoxy groups -OCH3 is 1. The topological polar surface area (TPSA) is 30.5 Å². The van der Waals surface area contributed by atoms with E-state index in [0.717, 1.165) is 38.7 Å². The Balaban J connectivity index is 2.30. The molecule has 1 rings (SSSR count). The summed E-state index contributed by atoms with van der Waals surface area (Å²) >= 11 is 0. The van der Waals surface area contributed by atoms with E-state index in [2.05, 4.69) is 12.2 Å². The van der Waals surface area contributed by atoms with Gasteiger partial charge >= 0.3 is 0 Å². The van der Waals surface area contributed by atoms with Crippen LogP contribution in [0.1, 0.15) is 32.6 Å². The molecule has 0 amide bonds. The summed E-state index contributed by atoms with van der Waals surface area (Å²) in [5.41, 5.74) is 0. The summed E-state index contributed by atoms with van der Waals surface area (Å²) < 4.78 is 10.6. The lowest BCUT2D eigenvalue weighted by molar-refractivity contribution is 0.0481. The summed E-state index contributed by atoms with van der Waals surface area (Å²) in [6.07, 6.45) is 4.73. The molecule has 1 N–H and O–H groups in total. The second-order valence-corrected chi connectivity index (χ2v) is 4.29. The Morgan fingerprint density at radius 1 is 1.40 bits per heavy atom. The molecule has 0 radical (unpaired) electrons. The third-order valence-corrected chi connectivity index (χ3v) is 3.12. The molecular weight excluding hydrogens is 190 g/mol. The second kappa shape index (κ2) is 8.08. The normalized spacial score (nSPS) is 20.4. The van der Waals surface area contributed by atoms with Crippen LogP contribution in [0, 0.1) is 5.92 Å². The zero-order valence-corrected chi connectivity index (χ0v) is 10.1. The van der Waals surface area contributed by atoms with Gasteiger partial charge in [-0.05, 0) is 38.1 Å². The van der Waals surface area contributed by atoms with Gasteiger partial charge in [0.15, 0.2) is 0 Å². The molecule has 1 aliphatic rings. The minimum absolute atomic E-state index is 0.619. The fourth-order valence-electron chi connectivity index (χ4n) is 2.20. The van der Waals surface area contributed by atoms with E-state index < -0.39 is 0 Å². The molecule has 0 bridgehead atoms. The Kier molecular flexibility index (Phi) is 6.98. The fraction of sp³-hybridized carbons (Fsp3) is 1.00. The van der Waals surface area contributed by atoms with Gasteiger partial charge in [0, 0.05) is 33.0 Å². The average Bonchev–Trinajstić information content (AvgIpc) is 2.30. The first-order valence-corrected chi connectivity index (χ1v) is 6.18. The van der Waals surface area contributed by atoms with Crippen LogP contribution in [0.15, 0.2) is 0 Å². The molecular formula is C12H25NO2. The van der Waals surface area contributed by atoms with E-state index in [1.54, 1.807) is 7.11 Å². The lowest BCUT2D eigenvalue weighted by atomic mass is 9.90. The van der Waals surface area contributed by atoms with Gasteiger partial charge in [0.2, 0.25) is 0 Å². The molecule has 0 aliphatic carbocycles. The molecule has 1 atom stereocenters. The number of nitrogens with one attached hydrogen (secondary N) is 1. The standard InChI is InChI=1S/C12H25NO2/c1-3-7-13-12(6-8-14-2)11-4-9-15-10-5-11/h11-13H,3-10H2,1-2H3. The van der Waals surface area contributed by atoms with Crippen LogP contribution in [0.2, 0.25) is 0 Å². The molecule has 1 unspecified atom stereocenters. The van der Waals surface area contributed by atoms with E-state index in [-0.39, 0.29) is 0 Å². The van der Waals surface area contributed by atoms with Crippen LogP contribution >= 0.6 is 0 Å². The monoisotopic (exact) mass is 215 g/mol. The molecule has 1 aliphatic heterocycles. The van der Waals surface area contributed by atoms with E-state index in [1.807, 2.05) is 0 Å². The van der Waals surface area contributed by atoms with Crippen molar-refractivity contribution in [3.05, 3.63) is 0 Å². The SMILES string of the molecule is CCCNC(CCOC)C1CCOCC1. The fourth-order valence-corrected chi connectivity index (χ4v) is 2.20. The van der Waals surface area contributed by atoms with Gasteiger partial charge in [-0.2, -0.15) is 0 Å². The Morgan fingerprint density at radius 2 is 2.13 bits per heavy atom. The smallest absolute Gasteiger partial charge is 0.0477 e. The zero-order chi connectivity index (χ0) is 10.9. The van der Waals surface area contributed by atoms with Crippen molar-refractivity contribution in [2.24, 2.45) is 5.92 Å². The van der Waals surface area contributed by atoms with Gasteiger partial charge in [-0.15, -0.1) is 0 Å². The van der Waals surface area contributed by atoms with Crippen LogP contribution < -0.4 is 5.32 Å². The maximum absolute atomic E-state index is 5.40. The highest BCUT2D eigenvalue weighted by Gasteiger charge is 2.22. The van der Waals surface area contributed by atoms with Gasteiger partial charge in [0.25, 0.3) is 0 Å². The largest absolute Gasteiger partial charge is 0.385 e. The van der Waals surface area contributed by atoms with Crippen molar-refractivity contribution >= 4 is 0 Å². The van der Waals surface area contributed by atoms with Crippen LogP contribution in [-0.2, 0) is 9.47 Å². The molecule has 3 heteroatoms. The highest BCUT2D eigenvalue weighted by atomic mass is 16.5. The quantitative estimate of drug-likeness (QED) is 0.702. The number of hydrogen-bond donors (Lipinski definition) is 1. The molecule has 90 valence electrons. The van der Waals surface area contributed by atoms with Crippen LogP contribution in [0.25, 0.3) is 0 Å². The van der Waals surface area contributed by atoms with Crippen molar-refractivity contribution in [2.45, 2.75) is 38.6 Å². The molecule has 1 fully saturated rings. The minimum Gasteiger partial charge on any atom is -0.385 e. The predicted octanol–water partition coefficient (Wildman–Crippen LogP) is 1.82. The lowest BCUT2D eigenvalue weighted by Gasteiger charge is -2.31. The third kappa shape index (κ3) is 4.96. The van der Waals surface area contributed by atoms with Crippen LogP contribution in [0.4, 0.5) is 0 Å². The Morgan fingerprint density at radius 3 is 2.73 bits per heavy atom. The van der Waals surface area contributed by atoms with Crippen molar-refractivity contribution in [1.82, 2.24) is 5.32 Å². The minimum atomic E-state index is 0.619. The van der Waals surface area contributed by atoms with Crippen LogP contribution in [0.3, 0.4) is 0 Å². The molecule has 0 saturated carbocycles. The maximum atomic E-state index is 5.40. The van der Waals surface area contributed by atoms with Crippen molar-refractivity contribution in [2.75, 3.05) is 33.5 Å². The van der Waals surface area contributed by atoms with Crippen LogP contribution in [-0.4, -0.2) is 39.5 Å². The highest BCUT2D eigenvalue weighted by molar-refractivity contribution is 4.78. The summed E-state index contributed by atoms with van der Waals surface area (Å²) in [5.74, 6) is 0.778. The van der Waals surface area contributed by atoms with Gasteiger partial charge in [-0.25, -0.2) is 0 Å². The molecule has 1 saturated heterocycles. The highest BCUT2D eigenvalue weighted by Crippen LogP contribution is 2.20. The summed E-state index contributed by atoms with van der Waals surface area (Å²) in [6, 6.07) is 0.619. The summed E-state index contributed by atoms with van der Waals surface area (Å²) in [6.45, 7) is 6.05. The van der Waals surface area contributed by atoms with Crippen molar-refractivity contribution in [3.63, 3.8) is 0 Å². The van der Waals surface area contributed by atoms with Crippen molar-refractivity contribution in [3.8, 4) is 0 Å². The van der Waals surface area contributed by atoms with E-state index in [0.29, 0.717) is 6.04 Å². The zero-order valence-electron chi connectivity index (χ0n) is 10.1. The Hall–Kier alpha value is -0.120. The Bertz CT molecular complexity index is 139. The predicted molar refractivity (Wildman–Crippen MR) is 62.1 cm³/mol. The lowest BCUT2D eigenvalue weighted by Crippen LogP contribution is -2.40. The molecule has 3 nitrogen and oxygen atoms in total. The number of ether oxygens (including phenoxy) is 2. The first kappa shape index (κ1) is 12.9. The first-order chi connectivity index (χ1) is 7.38. The second-order valence-electron chi connectivity index (χ2n) is 4.29. The molecule has 1 heterocycles. The summed E-state index contributed by atoms with van der Waals surface area (Å²) in [4.78, 5) is 0. The number of hydrogen-bond acceptors (Lipinski definition) is 3.